The molecule has 0 aromatic carbocycles. The average molecular weight is 152 g/mol. The maximum atomic E-state index is 9.64. The van der Waals surface area contributed by atoms with Crippen molar-refractivity contribution in [2.24, 2.45) is 0 Å². The molecule has 7 nitrogen and oxygen atoms in total. The second-order valence-electron chi connectivity index (χ2n) is 1.46. The molecule has 0 aromatic heterocycles. The molecule has 0 amide bonds. The van der Waals surface area contributed by atoms with Crippen LogP contribution in [0.25, 0.3) is 0 Å². The summed E-state index contributed by atoms with van der Waals surface area (Å²) in [7, 11) is 0. The summed E-state index contributed by atoms with van der Waals surface area (Å²) in [4.78, 5) is 17.9. The lowest BCUT2D eigenvalue weighted by Crippen LogP contribution is -2.63. The van der Waals surface area contributed by atoms with E-state index in [1.54, 1.807) is 0 Å². The smallest absolute Gasteiger partial charge is 0.362 e. The Hall–Kier alpha value is -1.37. The van der Waals surface area contributed by atoms with Crippen molar-refractivity contribution in [3.63, 3.8) is 0 Å². The molecule has 1 atom stereocenters. The van der Waals surface area contributed by atoms with Crippen LogP contribution in [0.4, 0.5) is 0 Å². The van der Waals surface area contributed by atoms with Gasteiger partial charge in [0.25, 0.3) is 0 Å². The Morgan fingerprint density at radius 2 is 1.80 bits per heavy atom. The number of hydrogen-bond acceptors (Lipinski definition) is 4. The van der Waals surface area contributed by atoms with Gasteiger partial charge >= 0.3 is 5.97 Å². The quantitative estimate of drug-likeness (QED) is 0.347. The Morgan fingerprint density at radius 1 is 1.70 bits per heavy atom. The van der Waals surface area contributed by atoms with Gasteiger partial charge in [0.05, 0.1) is 5.09 Å². The van der Waals surface area contributed by atoms with Gasteiger partial charge < -0.3 is 26.2 Å². The van der Waals surface area contributed by atoms with E-state index in [0.717, 1.165) is 0 Å². The van der Waals surface area contributed by atoms with Gasteiger partial charge in [0.2, 0.25) is 0 Å². The number of quaternary nitrogens is 1. The zero-order chi connectivity index (χ0) is 8.73. The van der Waals surface area contributed by atoms with E-state index in [1.807, 2.05) is 0 Å². The van der Waals surface area contributed by atoms with Crippen molar-refractivity contribution < 1.29 is 20.7 Å². The van der Waals surface area contributed by atoms with Crippen molar-refractivity contribution in [2.45, 2.75) is 13.0 Å². The summed E-state index contributed by atoms with van der Waals surface area (Å²) in [5.41, 5.74) is 3.24. The first-order valence-corrected chi connectivity index (χ1v) is 2.25. The van der Waals surface area contributed by atoms with Crippen LogP contribution in [-0.2, 0) is 4.79 Å². The Labute approximate surface area is 56.2 Å². The minimum Gasteiger partial charge on any atom is -0.477 e. The molecule has 0 spiro atoms. The van der Waals surface area contributed by atoms with Gasteiger partial charge in [-0.1, -0.05) is 0 Å². The summed E-state index contributed by atoms with van der Waals surface area (Å²) in [5, 5.41) is 22.7. The number of carboxylic acid groups (broad SMARTS) is 1. The molecule has 0 unspecified atom stereocenters. The van der Waals surface area contributed by atoms with E-state index in [9.17, 15) is 4.79 Å². The van der Waals surface area contributed by atoms with E-state index >= 15 is 0 Å². The highest BCUT2D eigenvalue weighted by Crippen LogP contribution is 1.64. The van der Waals surface area contributed by atoms with Gasteiger partial charge in [-0.2, -0.15) is 0 Å². The molecule has 0 saturated heterocycles. The zero-order valence-electron chi connectivity index (χ0n) is 5.31. The molecule has 0 radical (unpaired) electrons. The zero-order valence-corrected chi connectivity index (χ0v) is 5.31. The summed E-state index contributed by atoms with van der Waals surface area (Å²) in [6, 6.07) is -0.481. The average Bonchev–Trinajstić information content (AvgIpc) is 1.63. The molecule has 0 heterocycles. The van der Waals surface area contributed by atoms with Crippen molar-refractivity contribution in [1.29, 1.82) is 0 Å². The van der Waals surface area contributed by atoms with Gasteiger partial charge in [-0.15, -0.1) is 0 Å². The third kappa shape index (κ3) is 30.4. The monoisotopic (exact) mass is 152 g/mol. The number of hydrogen-bond donors (Lipinski definition) is 2. The number of rotatable bonds is 1. The van der Waals surface area contributed by atoms with Crippen molar-refractivity contribution >= 4 is 5.97 Å². The molecule has 0 aliphatic carbocycles. The van der Waals surface area contributed by atoms with Crippen LogP contribution in [-0.4, -0.2) is 22.2 Å². The summed E-state index contributed by atoms with van der Waals surface area (Å²) in [6.07, 6.45) is 0. The highest BCUT2D eigenvalue weighted by atomic mass is 16.9. The van der Waals surface area contributed by atoms with Crippen molar-refractivity contribution in [3.05, 3.63) is 15.3 Å². The van der Waals surface area contributed by atoms with E-state index in [-0.39, 0.29) is 0 Å². The largest absolute Gasteiger partial charge is 0.477 e. The second-order valence-corrected chi connectivity index (χ2v) is 1.46. The summed E-state index contributed by atoms with van der Waals surface area (Å²) in [6.45, 7) is 1.53. The lowest BCUT2D eigenvalue weighted by molar-refractivity contribution is -0.402. The second kappa shape index (κ2) is 5.76. The van der Waals surface area contributed by atoms with Crippen LogP contribution in [0.2, 0.25) is 0 Å². The minimum absolute atomic E-state index is 0.481. The topological polar surface area (TPSA) is 131 Å². The van der Waals surface area contributed by atoms with Gasteiger partial charge in [0.15, 0.2) is 6.04 Å². The molecule has 0 saturated carbocycles. The minimum atomic E-state index is -1.75. The molecular weight excluding hydrogens is 144 g/mol. The van der Waals surface area contributed by atoms with Crippen LogP contribution in [0.1, 0.15) is 6.92 Å². The summed E-state index contributed by atoms with van der Waals surface area (Å²) < 4.78 is 0. The van der Waals surface area contributed by atoms with Gasteiger partial charge in [0, 0.05) is 0 Å². The van der Waals surface area contributed by atoms with Gasteiger partial charge in [-0.05, 0) is 6.92 Å². The van der Waals surface area contributed by atoms with E-state index < -0.39 is 17.1 Å². The first-order valence-electron chi connectivity index (χ1n) is 2.25. The highest BCUT2D eigenvalue weighted by Gasteiger charge is 2.04. The van der Waals surface area contributed by atoms with E-state index in [4.69, 9.17) is 20.4 Å². The lowest BCUT2D eigenvalue weighted by Gasteiger charge is -1.86. The molecule has 7 heteroatoms. The molecule has 0 bridgehead atoms. The Morgan fingerprint density at radius 3 is 1.80 bits per heavy atom. The Balaban J connectivity index is 0. The van der Waals surface area contributed by atoms with Gasteiger partial charge in [-0.25, -0.2) is 4.79 Å². The van der Waals surface area contributed by atoms with Crippen molar-refractivity contribution in [2.75, 3.05) is 0 Å². The van der Waals surface area contributed by atoms with E-state index in [1.165, 1.54) is 6.92 Å². The fourth-order valence-corrected chi connectivity index (χ4v) is 0. The maximum Gasteiger partial charge on any atom is 0.362 e. The van der Waals surface area contributed by atoms with E-state index in [2.05, 4.69) is 5.73 Å². The first kappa shape index (κ1) is 11.4. The first-order chi connectivity index (χ1) is 4.37. The van der Waals surface area contributed by atoms with Crippen LogP contribution in [0.3, 0.4) is 0 Å². The van der Waals surface area contributed by atoms with Crippen LogP contribution >= 0.6 is 0 Å². The summed E-state index contributed by atoms with van der Waals surface area (Å²) in [5.74, 6) is -0.852. The van der Waals surface area contributed by atoms with Crippen LogP contribution < -0.4 is 5.73 Å². The third-order valence-corrected chi connectivity index (χ3v) is 0.422. The van der Waals surface area contributed by atoms with Gasteiger partial charge in [-0.3, -0.25) is 0 Å². The molecule has 0 aliphatic heterocycles. The SMILES string of the molecule is C[C@H]([NH3+])C(=O)O.O=[N+]([O-])[O-]. The van der Waals surface area contributed by atoms with E-state index in [0.29, 0.717) is 0 Å². The maximum absolute atomic E-state index is 9.64. The number of aliphatic carboxylic acids is 1. The molecule has 0 fully saturated rings. The third-order valence-electron chi connectivity index (χ3n) is 0.422. The normalized spacial score (nSPS) is 10.6. The fraction of sp³-hybridized carbons (Fsp3) is 0.667. The van der Waals surface area contributed by atoms with Crippen molar-refractivity contribution in [3.8, 4) is 0 Å². The van der Waals surface area contributed by atoms with Gasteiger partial charge in [0.1, 0.15) is 0 Å². The van der Waals surface area contributed by atoms with Crippen LogP contribution in [0.15, 0.2) is 0 Å². The summed E-state index contributed by atoms with van der Waals surface area (Å²) >= 11 is 0. The molecule has 4 N–H and O–H groups in total. The molecular formula is C3H8N2O5. The molecule has 60 valence electrons. The molecule has 0 rings (SSSR count). The van der Waals surface area contributed by atoms with Crippen LogP contribution in [0.5, 0.6) is 0 Å². The Bertz CT molecular complexity index is 118. The molecule has 0 aromatic rings. The number of carbonyl (C=O) groups is 1. The molecule has 0 aliphatic rings. The highest BCUT2D eigenvalue weighted by molar-refractivity contribution is 5.70. The fourth-order valence-electron chi connectivity index (χ4n) is 0. The van der Waals surface area contributed by atoms with Crippen LogP contribution in [0, 0.1) is 15.3 Å². The molecule has 10 heavy (non-hydrogen) atoms. The van der Waals surface area contributed by atoms with Crippen molar-refractivity contribution in [1.82, 2.24) is 0 Å². The number of nitrogens with zero attached hydrogens (tertiary/aromatic N) is 1. The lowest BCUT2D eigenvalue weighted by atomic mass is 10.4. The predicted molar refractivity (Wildman–Crippen MR) is 30.3 cm³/mol. The predicted octanol–water partition coefficient (Wildman–Crippen LogP) is -1.54. The number of carboxylic acids is 1. The Kier molecular flexibility index (Phi) is 6.58. The standard InChI is InChI=1S/C3H7NO2.NO3/c1-2(4)3(5)6;2-1(3)4/h2H,4H2,1H3,(H,5,6);/q;-1/p+1/t2-;/m0./s1.